The van der Waals surface area contributed by atoms with Crippen LogP contribution in [0, 0.1) is 5.92 Å². The third-order valence-electron chi connectivity index (χ3n) is 4.53. The fourth-order valence-corrected chi connectivity index (χ4v) is 3.20. The number of aromatic nitrogens is 3. The van der Waals surface area contributed by atoms with Gasteiger partial charge in [0, 0.05) is 45.1 Å². The van der Waals surface area contributed by atoms with Gasteiger partial charge in [-0.1, -0.05) is 0 Å². The van der Waals surface area contributed by atoms with Crippen molar-refractivity contribution in [3.05, 3.63) is 18.6 Å². The molecular weight excluding hydrogens is 316 g/mol. The fourth-order valence-electron chi connectivity index (χ4n) is 3.20. The number of H-pyrrole nitrogens is 1. The lowest BCUT2D eigenvalue weighted by Gasteiger charge is -2.38. The minimum absolute atomic E-state index is 0.0462. The van der Waals surface area contributed by atoms with Crippen molar-refractivity contribution in [2.45, 2.75) is 32.1 Å². The van der Waals surface area contributed by atoms with Gasteiger partial charge in [-0.15, -0.1) is 0 Å². The molecule has 8 heteroatoms. The van der Waals surface area contributed by atoms with E-state index in [-0.39, 0.29) is 24.5 Å². The van der Waals surface area contributed by atoms with Crippen molar-refractivity contribution in [3.63, 3.8) is 0 Å². The molecule has 6 nitrogen and oxygen atoms in total. The Labute approximate surface area is 138 Å². The monoisotopic (exact) mass is 337 g/mol. The highest BCUT2D eigenvalue weighted by Gasteiger charge is 2.29. The largest absolute Gasteiger partial charge is 0.346 e. The summed E-state index contributed by atoms with van der Waals surface area (Å²) in [5.41, 5.74) is 0.758. The number of anilines is 1. The van der Waals surface area contributed by atoms with E-state index >= 15 is 0 Å². The summed E-state index contributed by atoms with van der Waals surface area (Å²) in [7, 11) is 1.90. The molecule has 3 heterocycles. The van der Waals surface area contributed by atoms with Crippen LogP contribution < -0.4 is 5.01 Å². The van der Waals surface area contributed by atoms with Crippen molar-refractivity contribution in [2.24, 2.45) is 5.92 Å². The number of nitrogens with zero attached hydrogens (tertiary/aromatic N) is 4. The summed E-state index contributed by atoms with van der Waals surface area (Å²) < 4.78 is 24.6. The third-order valence-corrected chi connectivity index (χ3v) is 4.53. The Bertz CT molecular complexity index is 705. The van der Waals surface area contributed by atoms with Crippen LogP contribution >= 0.6 is 0 Å². The summed E-state index contributed by atoms with van der Waals surface area (Å²) in [4.78, 5) is 23.7. The lowest BCUT2D eigenvalue weighted by molar-refractivity contribution is -0.125. The minimum atomic E-state index is -2.42. The predicted molar refractivity (Wildman–Crippen MR) is 86.8 cm³/mol. The molecule has 0 amide bonds. The van der Waals surface area contributed by atoms with Gasteiger partial charge in [-0.25, -0.2) is 23.8 Å². The number of hydrogen-bond acceptors (Lipinski definition) is 5. The zero-order chi connectivity index (χ0) is 17.1. The maximum Gasteiger partial charge on any atom is 0.239 e. The van der Waals surface area contributed by atoms with Crippen molar-refractivity contribution < 1.29 is 13.6 Å². The van der Waals surface area contributed by atoms with Gasteiger partial charge in [-0.3, -0.25) is 9.80 Å². The van der Waals surface area contributed by atoms with Crippen LogP contribution in [0.2, 0.25) is 0 Å². The lowest BCUT2D eigenvalue weighted by atomic mass is 9.92. The highest BCUT2D eigenvalue weighted by Crippen LogP contribution is 2.26. The predicted octanol–water partition coefficient (Wildman–Crippen LogP) is 2.64. The fraction of sp³-hybridized carbons (Fsp3) is 0.562. The van der Waals surface area contributed by atoms with E-state index in [4.69, 9.17) is 0 Å². The van der Waals surface area contributed by atoms with Gasteiger partial charge in [0.05, 0.1) is 5.39 Å². The zero-order valence-electron chi connectivity index (χ0n) is 13.6. The molecule has 1 aliphatic heterocycles. The topological polar surface area (TPSA) is 65.1 Å². The molecular formula is C16H21F2N5O. The Morgan fingerprint density at radius 1 is 1.50 bits per heavy atom. The SMILES string of the molecule is CN(c1ncnc2[nH]ccc12)N1CCC[C@@H](C(=O)CCC(F)F)C1. The second-order valence-electron chi connectivity index (χ2n) is 6.11. The number of fused-ring (bicyclic) bond motifs is 1. The number of halogens is 2. The summed E-state index contributed by atoms with van der Waals surface area (Å²) in [6, 6.07) is 1.91. The van der Waals surface area contributed by atoms with Crippen LogP contribution in [0.25, 0.3) is 11.0 Å². The number of carbonyl (C=O) groups is 1. The van der Waals surface area contributed by atoms with Gasteiger partial charge in [0.2, 0.25) is 6.43 Å². The van der Waals surface area contributed by atoms with Gasteiger partial charge < -0.3 is 4.98 Å². The van der Waals surface area contributed by atoms with Gasteiger partial charge in [-0.05, 0) is 18.9 Å². The number of hydrogen-bond donors (Lipinski definition) is 1. The molecule has 3 rings (SSSR count). The van der Waals surface area contributed by atoms with E-state index in [2.05, 4.69) is 20.0 Å². The second kappa shape index (κ2) is 7.21. The maximum absolute atomic E-state index is 12.3. The highest BCUT2D eigenvalue weighted by molar-refractivity contribution is 5.87. The zero-order valence-corrected chi connectivity index (χ0v) is 13.6. The number of ketones is 1. The molecule has 1 fully saturated rings. The summed E-state index contributed by atoms with van der Waals surface area (Å²) in [5, 5.41) is 4.90. The van der Waals surface area contributed by atoms with E-state index in [0.29, 0.717) is 6.54 Å². The molecule has 1 atom stereocenters. The molecule has 0 aliphatic carbocycles. The van der Waals surface area contributed by atoms with Crippen LogP contribution in [0.15, 0.2) is 18.6 Å². The molecule has 0 spiro atoms. The van der Waals surface area contributed by atoms with Gasteiger partial charge in [0.15, 0.2) is 5.82 Å². The Hall–Kier alpha value is -2.09. The molecule has 2 aromatic heterocycles. The Morgan fingerprint density at radius 2 is 2.33 bits per heavy atom. The van der Waals surface area contributed by atoms with Gasteiger partial charge >= 0.3 is 0 Å². The number of aromatic amines is 1. The number of Topliss-reactive ketones (excluding diaryl/α,β-unsaturated/α-hetero) is 1. The Balaban J connectivity index is 1.70. The first-order valence-corrected chi connectivity index (χ1v) is 8.14. The van der Waals surface area contributed by atoms with Crippen LogP contribution in [0.3, 0.4) is 0 Å². The van der Waals surface area contributed by atoms with Gasteiger partial charge in [0.25, 0.3) is 0 Å². The number of carbonyl (C=O) groups excluding carboxylic acids is 1. The Kier molecular flexibility index (Phi) is 5.03. The molecule has 0 unspecified atom stereocenters. The van der Waals surface area contributed by atoms with Crippen LogP contribution in [0.5, 0.6) is 0 Å². The number of nitrogens with one attached hydrogen (secondary N) is 1. The van der Waals surface area contributed by atoms with Crippen molar-refractivity contribution in [3.8, 4) is 0 Å². The lowest BCUT2D eigenvalue weighted by Crippen LogP contribution is -2.48. The molecule has 1 aliphatic rings. The van der Waals surface area contributed by atoms with E-state index in [9.17, 15) is 13.6 Å². The molecule has 24 heavy (non-hydrogen) atoms. The summed E-state index contributed by atoms with van der Waals surface area (Å²) >= 11 is 0. The first-order chi connectivity index (χ1) is 11.6. The number of piperidine rings is 1. The molecule has 1 N–H and O–H groups in total. The van der Waals surface area contributed by atoms with Gasteiger partial charge in [0.1, 0.15) is 17.8 Å². The number of rotatable bonds is 6. The highest BCUT2D eigenvalue weighted by atomic mass is 19.3. The third kappa shape index (κ3) is 3.53. The van der Waals surface area contributed by atoms with E-state index < -0.39 is 6.43 Å². The normalized spacial score (nSPS) is 19.1. The van der Waals surface area contributed by atoms with Crippen molar-refractivity contribution in [1.29, 1.82) is 0 Å². The average Bonchev–Trinajstić information content (AvgIpc) is 3.07. The van der Waals surface area contributed by atoms with E-state index in [0.717, 1.165) is 36.2 Å². The maximum atomic E-state index is 12.3. The van der Waals surface area contributed by atoms with Crippen molar-refractivity contribution in [1.82, 2.24) is 20.0 Å². The molecule has 130 valence electrons. The molecule has 0 saturated carbocycles. The quantitative estimate of drug-likeness (QED) is 0.878. The molecule has 0 radical (unpaired) electrons. The first-order valence-electron chi connectivity index (χ1n) is 8.14. The number of hydrazine groups is 1. The smallest absolute Gasteiger partial charge is 0.239 e. The summed E-state index contributed by atoms with van der Waals surface area (Å²) in [6.45, 7) is 1.35. The molecule has 0 aromatic carbocycles. The van der Waals surface area contributed by atoms with Crippen LogP contribution in [0.1, 0.15) is 25.7 Å². The van der Waals surface area contributed by atoms with E-state index in [1.54, 1.807) is 0 Å². The van der Waals surface area contributed by atoms with Crippen LogP contribution in [0.4, 0.5) is 14.6 Å². The Morgan fingerprint density at radius 3 is 3.12 bits per heavy atom. The second-order valence-corrected chi connectivity index (χ2v) is 6.11. The first kappa shape index (κ1) is 16.8. The minimum Gasteiger partial charge on any atom is -0.346 e. The van der Waals surface area contributed by atoms with Crippen LogP contribution in [-0.4, -0.2) is 52.3 Å². The van der Waals surface area contributed by atoms with E-state index in [1.807, 2.05) is 24.3 Å². The summed E-state index contributed by atoms with van der Waals surface area (Å²) in [5.74, 6) is 0.508. The van der Waals surface area contributed by atoms with Crippen molar-refractivity contribution in [2.75, 3.05) is 25.1 Å². The average molecular weight is 337 g/mol. The molecule has 2 aromatic rings. The number of alkyl halides is 2. The van der Waals surface area contributed by atoms with Gasteiger partial charge in [-0.2, -0.15) is 0 Å². The summed E-state index contributed by atoms with van der Waals surface area (Å²) in [6.07, 6.45) is 2.12. The standard InChI is InChI=1S/C16H21F2N5O/c1-22(16-12-6-7-19-15(12)20-10-21-16)23-8-2-3-11(9-23)13(24)4-5-14(17)18/h6-7,10-11,14H,2-5,8-9H2,1H3,(H,19,20,21)/t11-/m1/s1. The molecule has 0 bridgehead atoms. The molecule has 1 saturated heterocycles. The van der Waals surface area contributed by atoms with Crippen molar-refractivity contribution >= 4 is 22.6 Å². The van der Waals surface area contributed by atoms with Crippen LogP contribution in [-0.2, 0) is 4.79 Å². The van der Waals surface area contributed by atoms with E-state index in [1.165, 1.54) is 6.33 Å².